The first-order valence-corrected chi connectivity index (χ1v) is 6.29. The summed E-state index contributed by atoms with van der Waals surface area (Å²) in [6.45, 7) is 0. The number of ether oxygens (including phenoxy) is 1. The average molecular weight is 272 g/mol. The van der Waals surface area contributed by atoms with E-state index < -0.39 is 0 Å². The molecule has 0 aliphatic carbocycles. The van der Waals surface area contributed by atoms with Gasteiger partial charge in [0.15, 0.2) is 0 Å². The van der Waals surface area contributed by atoms with Crippen molar-refractivity contribution in [1.82, 2.24) is 0 Å². The minimum atomic E-state index is 0.136. The second-order valence-corrected chi connectivity index (χ2v) is 4.96. The standard InChI is InChI=1S/C10H10BrNOS/c11-9-6-14-5-8(9)10-2-1-7(13-10)3-4-12/h5-7,10H,1-3H2. The molecule has 2 atom stereocenters. The van der Waals surface area contributed by atoms with Crippen molar-refractivity contribution < 1.29 is 4.74 Å². The number of halogens is 1. The van der Waals surface area contributed by atoms with Gasteiger partial charge in [0.25, 0.3) is 0 Å². The van der Waals surface area contributed by atoms with Crippen LogP contribution in [0.5, 0.6) is 0 Å². The molecule has 1 aromatic heterocycles. The van der Waals surface area contributed by atoms with Crippen LogP contribution in [0, 0.1) is 11.3 Å². The van der Waals surface area contributed by atoms with Gasteiger partial charge in [-0.1, -0.05) is 0 Å². The lowest BCUT2D eigenvalue weighted by Gasteiger charge is -2.10. The summed E-state index contributed by atoms with van der Waals surface area (Å²) in [4.78, 5) is 0. The van der Waals surface area contributed by atoms with Crippen molar-refractivity contribution in [3.05, 3.63) is 20.8 Å². The van der Waals surface area contributed by atoms with Gasteiger partial charge >= 0.3 is 0 Å². The molecule has 1 fully saturated rings. The average Bonchev–Trinajstić information content (AvgIpc) is 2.74. The highest BCUT2D eigenvalue weighted by Crippen LogP contribution is 2.38. The zero-order valence-corrected chi connectivity index (χ0v) is 9.97. The number of hydrogen-bond donors (Lipinski definition) is 0. The van der Waals surface area contributed by atoms with E-state index in [1.54, 1.807) is 11.3 Å². The Morgan fingerprint density at radius 1 is 1.57 bits per heavy atom. The minimum absolute atomic E-state index is 0.136. The molecule has 2 nitrogen and oxygen atoms in total. The van der Waals surface area contributed by atoms with Crippen LogP contribution in [0.2, 0.25) is 0 Å². The molecule has 0 radical (unpaired) electrons. The number of hydrogen-bond acceptors (Lipinski definition) is 3. The molecule has 1 aliphatic heterocycles. The first kappa shape index (κ1) is 10.2. The molecule has 2 heterocycles. The quantitative estimate of drug-likeness (QED) is 0.823. The summed E-state index contributed by atoms with van der Waals surface area (Å²) in [5.74, 6) is 0. The van der Waals surface area contributed by atoms with Gasteiger partial charge in [0.05, 0.1) is 24.7 Å². The van der Waals surface area contributed by atoms with Crippen molar-refractivity contribution in [2.75, 3.05) is 0 Å². The van der Waals surface area contributed by atoms with Crippen LogP contribution in [0.3, 0.4) is 0 Å². The van der Waals surface area contributed by atoms with Crippen LogP contribution in [0.1, 0.15) is 30.9 Å². The second-order valence-electron chi connectivity index (χ2n) is 3.36. The Labute approximate surface area is 95.6 Å². The van der Waals surface area contributed by atoms with Crippen molar-refractivity contribution in [3.8, 4) is 6.07 Å². The number of thiophene rings is 1. The fourth-order valence-electron chi connectivity index (χ4n) is 1.71. The number of rotatable bonds is 2. The number of nitrogens with zero attached hydrogens (tertiary/aromatic N) is 1. The van der Waals surface area contributed by atoms with Crippen LogP contribution in [0.15, 0.2) is 15.2 Å². The summed E-state index contributed by atoms with van der Waals surface area (Å²) in [5.41, 5.74) is 1.23. The van der Waals surface area contributed by atoms with Crippen LogP contribution in [0.25, 0.3) is 0 Å². The zero-order valence-electron chi connectivity index (χ0n) is 7.57. The first-order chi connectivity index (χ1) is 6.81. The van der Waals surface area contributed by atoms with Gasteiger partial charge in [-0.15, -0.1) is 0 Å². The molecule has 0 saturated carbocycles. The molecule has 1 aliphatic rings. The van der Waals surface area contributed by atoms with E-state index in [2.05, 4.69) is 32.8 Å². The van der Waals surface area contributed by atoms with E-state index in [1.807, 2.05) is 0 Å². The summed E-state index contributed by atoms with van der Waals surface area (Å²) in [7, 11) is 0. The summed E-state index contributed by atoms with van der Waals surface area (Å²) in [5, 5.41) is 12.7. The predicted octanol–water partition coefficient (Wildman–Crippen LogP) is 3.64. The largest absolute Gasteiger partial charge is 0.369 e. The maximum absolute atomic E-state index is 8.56. The van der Waals surface area contributed by atoms with Gasteiger partial charge < -0.3 is 4.74 Å². The van der Waals surface area contributed by atoms with Crippen LogP contribution in [0.4, 0.5) is 0 Å². The molecular formula is C10H10BrNOS. The lowest BCUT2D eigenvalue weighted by Crippen LogP contribution is -2.04. The van der Waals surface area contributed by atoms with Gasteiger partial charge in [0.2, 0.25) is 0 Å². The molecule has 74 valence electrons. The van der Waals surface area contributed by atoms with Gasteiger partial charge in [0, 0.05) is 15.4 Å². The van der Waals surface area contributed by atoms with Crippen molar-refractivity contribution in [2.45, 2.75) is 31.5 Å². The molecule has 4 heteroatoms. The van der Waals surface area contributed by atoms with Crippen LogP contribution < -0.4 is 0 Å². The monoisotopic (exact) mass is 271 g/mol. The molecule has 14 heavy (non-hydrogen) atoms. The van der Waals surface area contributed by atoms with Gasteiger partial charge in [-0.2, -0.15) is 16.6 Å². The van der Waals surface area contributed by atoms with Crippen LogP contribution in [-0.4, -0.2) is 6.10 Å². The van der Waals surface area contributed by atoms with E-state index in [9.17, 15) is 0 Å². The normalized spacial score (nSPS) is 26.3. The summed E-state index contributed by atoms with van der Waals surface area (Å²) in [6, 6.07) is 2.16. The molecule has 0 N–H and O–H groups in total. The second kappa shape index (κ2) is 4.43. The molecule has 0 spiro atoms. The topological polar surface area (TPSA) is 33.0 Å². The third kappa shape index (κ3) is 2.00. The predicted molar refractivity (Wildman–Crippen MR) is 59.1 cm³/mol. The van der Waals surface area contributed by atoms with Gasteiger partial charge in [-0.25, -0.2) is 0 Å². The highest BCUT2D eigenvalue weighted by Gasteiger charge is 2.27. The van der Waals surface area contributed by atoms with E-state index in [1.165, 1.54) is 5.56 Å². The molecule has 0 amide bonds. The van der Waals surface area contributed by atoms with Crippen molar-refractivity contribution in [1.29, 1.82) is 5.26 Å². The van der Waals surface area contributed by atoms with Gasteiger partial charge in [-0.05, 0) is 34.2 Å². The summed E-state index contributed by atoms with van der Waals surface area (Å²) in [6.07, 6.45) is 2.87. The van der Waals surface area contributed by atoms with Crippen LogP contribution >= 0.6 is 27.3 Å². The molecular weight excluding hydrogens is 262 g/mol. The Kier molecular flexibility index (Phi) is 3.22. The Balaban J connectivity index is 2.03. The van der Waals surface area contributed by atoms with Crippen molar-refractivity contribution in [3.63, 3.8) is 0 Å². The molecule has 1 aromatic rings. The summed E-state index contributed by atoms with van der Waals surface area (Å²) >= 11 is 5.18. The third-order valence-corrected chi connectivity index (χ3v) is 4.17. The Bertz CT molecular complexity index is 357. The summed E-state index contributed by atoms with van der Waals surface area (Å²) < 4.78 is 6.91. The highest BCUT2D eigenvalue weighted by atomic mass is 79.9. The highest BCUT2D eigenvalue weighted by molar-refractivity contribution is 9.10. The van der Waals surface area contributed by atoms with Gasteiger partial charge in [-0.3, -0.25) is 0 Å². The van der Waals surface area contributed by atoms with E-state index >= 15 is 0 Å². The molecule has 0 bridgehead atoms. The van der Waals surface area contributed by atoms with E-state index in [0.29, 0.717) is 6.42 Å². The molecule has 2 rings (SSSR count). The van der Waals surface area contributed by atoms with E-state index in [4.69, 9.17) is 10.00 Å². The van der Waals surface area contributed by atoms with E-state index in [0.717, 1.165) is 17.3 Å². The maximum atomic E-state index is 8.56. The fraction of sp³-hybridized carbons (Fsp3) is 0.500. The molecule has 2 unspecified atom stereocenters. The minimum Gasteiger partial charge on any atom is -0.369 e. The fourth-order valence-corrected chi connectivity index (χ4v) is 3.30. The van der Waals surface area contributed by atoms with Crippen LogP contribution in [-0.2, 0) is 4.74 Å². The Morgan fingerprint density at radius 3 is 3.07 bits per heavy atom. The SMILES string of the molecule is N#CCC1CCC(c2cscc2Br)O1. The molecule has 1 saturated heterocycles. The lowest BCUT2D eigenvalue weighted by atomic mass is 10.1. The number of nitriles is 1. The smallest absolute Gasteiger partial charge is 0.0849 e. The molecule has 0 aromatic carbocycles. The maximum Gasteiger partial charge on any atom is 0.0849 e. The van der Waals surface area contributed by atoms with E-state index in [-0.39, 0.29) is 12.2 Å². The lowest BCUT2D eigenvalue weighted by molar-refractivity contribution is 0.0474. The zero-order chi connectivity index (χ0) is 9.97. The van der Waals surface area contributed by atoms with Gasteiger partial charge in [0.1, 0.15) is 0 Å². The van der Waals surface area contributed by atoms with Crippen molar-refractivity contribution >= 4 is 27.3 Å². The van der Waals surface area contributed by atoms with Crippen molar-refractivity contribution in [2.24, 2.45) is 0 Å². The Morgan fingerprint density at radius 2 is 2.43 bits per heavy atom. The third-order valence-electron chi connectivity index (χ3n) is 2.42. The first-order valence-electron chi connectivity index (χ1n) is 4.55. The Hall–Kier alpha value is -0.370.